The van der Waals surface area contributed by atoms with Gasteiger partial charge < -0.3 is 11.5 Å². The van der Waals surface area contributed by atoms with Gasteiger partial charge in [-0.3, -0.25) is 0 Å². The van der Waals surface area contributed by atoms with Gasteiger partial charge >= 0.3 is 0 Å². The minimum atomic E-state index is 0.328. The van der Waals surface area contributed by atoms with Gasteiger partial charge in [-0.15, -0.1) is 0 Å². The maximum atomic E-state index is 5.60. The number of rotatable bonds is 6. The molecule has 0 rings (SSSR count). The summed E-state index contributed by atoms with van der Waals surface area (Å²) in [5.74, 6) is 0. The van der Waals surface area contributed by atoms with Gasteiger partial charge in [-0.1, -0.05) is 26.7 Å². The second-order valence-electron chi connectivity index (χ2n) is 3.97. The second-order valence-corrected chi connectivity index (χ2v) is 3.97. The van der Waals surface area contributed by atoms with E-state index >= 15 is 0 Å². The van der Waals surface area contributed by atoms with Crippen molar-refractivity contribution >= 4 is 0 Å². The third kappa shape index (κ3) is 6.32. The zero-order chi connectivity index (χ0) is 8.74. The topological polar surface area (TPSA) is 52.0 Å². The fourth-order valence-electron chi connectivity index (χ4n) is 1.03. The average molecular weight is 158 g/mol. The molecule has 0 amide bonds. The molecule has 68 valence electrons. The Balaban J connectivity index is 3.23. The molecule has 0 aromatic rings. The number of hydrogen-bond donors (Lipinski definition) is 2. The molecule has 0 heterocycles. The molecule has 0 radical (unpaired) electrons. The summed E-state index contributed by atoms with van der Waals surface area (Å²) in [7, 11) is 0. The van der Waals surface area contributed by atoms with Crippen molar-refractivity contribution in [1.29, 1.82) is 0 Å². The quantitative estimate of drug-likeness (QED) is 0.575. The highest BCUT2D eigenvalue weighted by molar-refractivity contribution is 4.68. The van der Waals surface area contributed by atoms with Crippen LogP contribution < -0.4 is 11.5 Å². The van der Waals surface area contributed by atoms with Crippen molar-refractivity contribution in [2.45, 2.75) is 39.5 Å². The molecule has 0 bridgehead atoms. The van der Waals surface area contributed by atoms with Crippen LogP contribution in [0.4, 0.5) is 0 Å². The van der Waals surface area contributed by atoms with E-state index in [4.69, 9.17) is 11.5 Å². The maximum Gasteiger partial charge on any atom is -0.00258 e. The van der Waals surface area contributed by atoms with E-state index in [1.165, 1.54) is 19.3 Å². The van der Waals surface area contributed by atoms with Gasteiger partial charge in [0.2, 0.25) is 0 Å². The monoisotopic (exact) mass is 158 g/mol. The minimum absolute atomic E-state index is 0.328. The standard InChI is InChI=1S/C9H22N2/c1-9(2,8-11)6-4-3-5-7-10/h3-8,10-11H2,1-2H3. The molecule has 2 heteroatoms. The highest BCUT2D eigenvalue weighted by atomic mass is 14.6. The Labute approximate surface area is 70.3 Å². The first-order valence-corrected chi connectivity index (χ1v) is 4.52. The summed E-state index contributed by atoms with van der Waals surface area (Å²) in [6, 6.07) is 0. The molecule has 0 atom stereocenters. The molecule has 0 aliphatic rings. The van der Waals surface area contributed by atoms with Crippen LogP contribution in [0.1, 0.15) is 39.5 Å². The summed E-state index contributed by atoms with van der Waals surface area (Å²) < 4.78 is 0. The predicted octanol–water partition coefficient (Wildman–Crippen LogP) is 1.49. The van der Waals surface area contributed by atoms with Crippen LogP contribution in [-0.4, -0.2) is 13.1 Å². The largest absolute Gasteiger partial charge is 0.330 e. The Morgan fingerprint density at radius 1 is 1.00 bits per heavy atom. The van der Waals surface area contributed by atoms with Crippen LogP contribution in [0.3, 0.4) is 0 Å². The van der Waals surface area contributed by atoms with E-state index in [1.807, 2.05) is 0 Å². The normalized spacial score (nSPS) is 12.0. The van der Waals surface area contributed by atoms with Crippen molar-refractivity contribution in [3.05, 3.63) is 0 Å². The van der Waals surface area contributed by atoms with E-state index in [9.17, 15) is 0 Å². The van der Waals surface area contributed by atoms with Crippen LogP contribution in [0, 0.1) is 5.41 Å². The smallest absolute Gasteiger partial charge is 0.00258 e. The molecule has 0 fully saturated rings. The molecule has 0 aliphatic heterocycles. The van der Waals surface area contributed by atoms with E-state index < -0.39 is 0 Å². The van der Waals surface area contributed by atoms with Gasteiger partial charge in [0.05, 0.1) is 0 Å². The zero-order valence-electron chi connectivity index (χ0n) is 7.90. The maximum absolute atomic E-state index is 5.60. The SMILES string of the molecule is CC(C)(CN)CCCCCN. The predicted molar refractivity (Wildman–Crippen MR) is 50.4 cm³/mol. The lowest BCUT2D eigenvalue weighted by Gasteiger charge is -2.21. The molecule has 0 aromatic carbocycles. The lowest BCUT2D eigenvalue weighted by molar-refractivity contribution is 0.331. The Hall–Kier alpha value is -0.0800. The van der Waals surface area contributed by atoms with Crippen molar-refractivity contribution in [3.63, 3.8) is 0 Å². The first kappa shape index (κ1) is 10.9. The average Bonchev–Trinajstić information content (AvgIpc) is 1.99. The van der Waals surface area contributed by atoms with Crippen LogP contribution in [0.15, 0.2) is 0 Å². The minimum Gasteiger partial charge on any atom is -0.330 e. The van der Waals surface area contributed by atoms with E-state index in [0.29, 0.717) is 5.41 Å². The molecular formula is C9H22N2. The summed E-state index contributed by atoms with van der Waals surface area (Å²) in [6.45, 7) is 6.05. The Bertz CT molecular complexity index is 89.6. The van der Waals surface area contributed by atoms with Gasteiger partial charge in [0.1, 0.15) is 0 Å². The summed E-state index contributed by atoms with van der Waals surface area (Å²) in [4.78, 5) is 0. The van der Waals surface area contributed by atoms with E-state index in [1.54, 1.807) is 0 Å². The van der Waals surface area contributed by atoms with Crippen LogP contribution in [0.25, 0.3) is 0 Å². The third-order valence-corrected chi connectivity index (χ3v) is 2.11. The lowest BCUT2D eigenvalue weighted by atomic mass is 9.87. The number of unbranched alkanes of at least 4 members (excludes halogenated alkanes) is 2. The van der Waals surface area contributed by atoms with Gasteiger partial charge in [0.15, 0.2) is 0 Å². The third-order valence-electron chi connectivity index (χ3n) is 2.11. The van der Waals surface area contributed by atoms with E-state index in [2.05, 4.69) is 13.8 Å². The van der Waals surface area contributed by atoms with Gasteiger partial charge in [0.25, 0.3) is 0 Å². The summed E-state index contributed by atoms with van der Waals surface area (Å²) >= 11 is 0. The number of nitrogens with two attached hydrogens (primary N) is 2. The van der Waals surface area contributed by atoms with Gasteiger partial charge in [-0.2, -0.15) is 0 Å². The van der Waals surface area contributed by atoms with Gasteiger partial charge in [0, 0.05) is 0 Å². The van der Waals surface area contributed by atoms with Crippen molar-refractivity contribution in [2.24, 2.45) is 16.9 Å². The highest BCUT2D eigenvalue weighted by Crippen LogP contribution is 2.21. The molecule has 0 aliphatic carbocycles. The fraction of sp³-hybridized carbons (Fsp3) is 1.00. The number of hydrogen-bond acceptors (Lipinski definition) is 2. The first-order chi connectivity index (χ1) is 5.12. The lowest BCUT2D eigenvalue weighted by Crippen LogP contribution is -2.23. The molecule has 4 N–H and O–H groups in total. The van der Waals surface area contributed by atoms with Crippen LogP contribution >= 0.6 is 0 Å². The summed E-state index contributed by atoms with van der Waals surface area (Å²) in [5.41, 5.74) is 11.3. The molecule has 2 nitrogen and oxygen atoms in total. The Morgan fingerprint density at radius 3 is 2.09 bits per heavy atom. The Kier molecular flexibility index (Phi) is 5.51. The summed E-state index contributed by atoms with van der Waals surface area (Å²) in [5, 5.41) is 0. The molecule has 0 unspecified atom stereocenters. The molecule has 0 saturated heterocycles. The van der Waals surface area contributed by atoms with Crippen LogP contribution in [0.5, 0.6) is 0 Å². The van der Waals surface area contributed by atoms with Crippen molar-refractivity contribution in [2.75, 3.05) is 13.1 Å². The van der Waals surface area contributed by atoms with E-state index in [0.717, 1.165) is 19.5 Å². The molecule has 0 aromatic heterocycles. The second kappa shape index (κ2) is 5.56. The van der Waals surface area contributed by atoms with Gasteiger partial charge in [-0.25, -0.2) is 0 Å². The van der Waals surface area contributed by atoms with Gasteiger partial charge in [-0.05, 0) is 31.3 Å². The molecule has 11 heavy (non-hydrogen) atoms. The van der Waals surface area contributed by atoms with Crippen LogP contribution in [0.2, 0.25) is 0 Å². The van der Waals surface area contributed by atoms with E-state index in [-0.39, 0.29) is 0 Å². The summed E-state index contributed by atoms with van der Waals surface area (Å²) in [6.07, 6.45) is 4.89. The highest BCUT2D eigenvalue weighted by Gasteiger charge is 2.13. The first-order valence-electron chi connectivity index (χ1n) is 4.52. The van der Waals surface area contributed by atoms with Crippen molar-refractivity contribution in [3.8, 4) is 0 Å². The molecular weight excluding hydrogens is 136 g/mol. The van der Waals surface area contributed by atoms with Crippen LogP contribution in [-0.2, 0) is 0 Å². The zero-order valence-corrected chi connectivity index (χ0v) is 7.90. The Morgan fingerprint density at radius 2 is 1.64 bits per heavy atom. The molecule has 0 saturated carbocycles. The van der Waals surface area contributed by atoms with Crippen molar-refractivity contribution in [1.82, 2.24) is 0 Å². The van der Waals surface area contributed by atoms with Crippen molar-refractivity contribution < 1.29 is 0 Å². The fourth-order valence-corrected chi connectivity index (χ4v) is 1.03. The molecule has 0 spiro atoms.